The molecule has 1 N–H and O–H groups in total. The maximum absolute atomic E-state index is 12.8. The van der Waals surface area contributed by atoms with Crippen molar-refractivity contribution < 1.29 is 8.42 Å². The Morgan fingerprint density at radius 1 is 1.03 bits per heavy atom. The first-order valence-corrected chi connectivity index (χ1v) is 12.1. The number of sulfonamides is 1. The first-order valence-electron chi connectivity index (χ1n) is 9.31. The van der Waals surface area contributed by atoms with E-state index in [4.69, 9.17) is 11.6 Å². The van der Waals surface area contributed by atoms with Crippen LogP contribution in [0.4, 0.5) is 0 Å². The van der Waals surface area contributed by atoms with E-state index in [-0.39, 0.29) is 16.2 Å². The van der Waals surface area contributed by atoms with E-state index in [9.17, 15) is 8.42 Å². The summed E-state index contributed by atoms with van der Waals surface area (Å²) >= 11 is 7.40. The Labute approximate surface area is 178 Å². The summed E-state index contributed by atoms with van der Waals surface area (Å²) in [5.74, 6) is 0. The van der Waals surface area contributed by atoms with E-state index in [1.54, 1.807) is 16.8 Å². The Bertz CT molecular complexity index is 1060. The fourth-order valence-corrected chi connectivity index (χ4v) is 6.15. The first-order chi connectivity index (χ1) is 14.0. The first kappa shape index (κ1) is 20.3. The molecule has 0 amide bonds. The van der Waals surface area contributed by atoms with Crippen molar-refractivity contribution in [2.75, 3.05) is 0 Å². The van der Waals surface area contributed by atoms with Crippen LogP contribution in [0.25, 0.3) is 5.69 Å². The molecule has 29 heavy (non-hydrogen) atoms. The summed E-state index contributed by atoms with van der Waals surface area (Å²) in [6.45, 7) is 0. The standard InChI is InChI=1S/C19H20ClN5O2S2/c20-14-10-12-16(13-11-14)29(26,27)22-17-8-4-5-9-18(17)28-19-21-23-24-25(19)15-6-2-1-3-7-15/h1-3,6-7,10-13,17-18,22H,4-5,8-9H2. The second-order valence-electron chi connectivity index (χ2n) is 6.83. The molecule has 2 unspecified atom stereocenters. The van der Waals surface area contributed by atoms with Gasteiger partial charge in [-0.2, -0.15) is 4.68 Å². The molecule has 10 heteroatoms. The highest BCUT2D eigenvalue weighted by atomic mass is 35.5. The van der Waals surface area contributed by atoms with Gasteiger partial charge < -0.3 is 0 Å². The number of hydrogen-bond acceptors (Lipinski definition) is 6. The van der Waals surface area contributed by atoms with Gasteiger partial charge in [-0.05, 0) is 59.7 Å². The predicted molar refractivity (Wildman–Crippen MR) is 113 cm³/mol. The number of para-hydroxylation sites is 1. The van der Waals surface area contributed by atoms with Crippen molar-refractivity contribution in [2.24, 2.45) is 0 Å². The highest BCUT2D eigenvalue weighted by Gasteiger charge is 2.31. The van der Waals surface area contributed by atoms with Gasteiger partial charge in [-0.3, -0.25) is 0 Å². The van der Waals surface area contributed by atoms with Crippen LogP contribution in [0.2, 0.25) is 5.02 Å². The molecule has 0 spiro atoms. The average molecular weight is 450 g/mol. The van der Waals surface area contributed by atoms with E-state index in [1.165, 1.54) is 23.9 Å². The van der Waals surface area contributed by atoms with Gasteiger partial charge in [0.2, 0.25) is 15.2 Å². The molecular formula is C19H20ClN5O2S2. The minimum atomic E-state index is -3.63. The van der Waals surface area contributed by atoms with Gasteiger partial charge in [0.05, 0.1) is 10.6 Å². The van der Waals surface area contributed by atoms with Crippen molar-refractivity contribution in [1.29, 1.82) is 0 Å². The second-order valence-corrected chi connectivity index (χ2v) is 10.2. The Hall–Kier alpha value is -1.94. The number of hydrogen-bond donors (Lipinski definition) is 1. The lowest BCUT2D eigenvalue weighted by Gasteiger charge is -2.31. The fraction of sp³-hybridized carbons (Fsp3) is 0.316. The molecule has 0 radical (unpaired) electrons. The smallest absolute Gasteiger partial charge is 0.207 e. The van der Waals surface area contributed by atoms with Gasteiger partial charge >= 0.3 is 0 Å². The molecule has 1 saturated carbocycles. The normalized spacial score (nSPS) is 19.9. The van der Waals surface area contributed by atoms with Gasteiger partial charge in [-0.25, -0.2) is 13.1 Å². The highest BCUT2D eigenvalue weighted by molar-refractivity contribution is 7.99. The van der Waals surface area contributed by atoms with Crippen molar-refractivity contribution in [3.63, 3.8) is 0 Å². The summed E-state index contributed by atoms with van der Waals surface area (Å²) < 4.78 is 30.2. The number of nitrogens with zero attached hydrogens (tertiary/aromatic N) is 4. The van der Waals surface area contributed by atoms with E-state index in [0.29, 0.717) is 10.2 Å². The van der Waals surface area contributed by atoms with Crippen LogP contribution >= 0.6 is 23.4 Å². The van der Waals surface area contributed by atoms with E-state index in [2.05, 4.69) is 20.2 Å². The lowest BCUT2D eigenvalue weighted by molar-refractivity contribution is 0.422. The molecule has 0 saturated heterocycles. The molecule has 1 aliphatic carbocycles. The third-order valence-electron chi connectivity index (χ3n) is 4.83. The third kappa shape index (κ3) is 4.80. The topological polar surface area (TPSA) is 89.8 Å². The van der Waals surface area contributed by atoms with Crippen LogP contribution in [0.3, 0.4) is 0 Å². The van der Waals surface area contributed by atoms with E-state index in [0.717, 1.165) is 31.4 Å². The zero-order valence-corrected chi connectivity index (χ0v) is 17.9. The van der Waals surface area contributed by atoms with Crippen LogP contribution in [0.15, 0.2) is 64.6 Å². The summed E-state index contributed by atoms with van der Waals surface area (Å²) in [6.07, 6.45) is 3.69. The van der Waals surface area contributed by atoms with Crippen LogP contribution in [0.5, 0.6) is 0 Å². The number of nitrogens with one attached hydrogen (secondary N) is 1. The molecule has 1 aliphatic rings. The molecule has 0 bridgehead atoms. The van der Waals surface area contributed by atoms with Crippen molar-refractivity contribution in [3.8, 4) is 5.69 Å². The Morgan fingerprint density at radius 3 is 2.52 bits per heavy atom. The second kappa shape index (κ2) is 8.83. The van der Waals surface area contributed by atoms with E-state index < -0.39 is 10.0 Å². The van der Waals surface area contributed by atoms with Crippen molar-refractivity contribution in [1.82, 2.24) is 24.9 Å². The highest BCUT2D eigenvalue weighted by Crippen LogP contribution is 2.34. The maximum Gasteiger partial charge on any atom is 0.240 e. The fourth-order valence-electron chi connectivity index (χ4n) is 3.37. The van der Waals surface area contributed by atoms with Crippen LogP contribution < -0.4 is 4.72 Å². The van der Waals surface area contributed by atoms with Crippen LogP contribution in [-0.4, -0.2) is 39.9 Å². The zero-order chi connectivity index (χ0) is 20.3. The van der Waals surface area contributed by atoms with Crippen molar-refractivity contribution in [3.05, 3.63) is 59.6 Å². The number of benzene rings is 2. The molecule has 1 heterocycles. The predicted octanol–water partition coefficient (Wildman–Crippen LogP) is 3.70. The molecule has 2 atom stereocenters. The van der Waals surface area contributed by atoms with Crippen LogP contribution in [0, 0.1) is 0 Å². The minimum absolute atomic E-state index is 0.0410. The quantitative estimate of drug-likeness (QED) is 0.617. The third-order valence-corrected chi connectivity index (χ3v) is 7.92. The van der Waals surface area contributed by atoms with Gasteiger partial charge in [0.15, 0.2) is 0 Å². The summed E-state index contributed by atoms with van der Waals surface area (Å²) in [4.78, 5) is 0.213. The SMILES string of the molecule is O=S(=O)(NC1CCCCC1Sc1nnnn1-c1ccccc1)c1ccc(Cl)cc1. The molecule has 1 aromatic heterocycles. The Kier molecular flexibility index (Phi) is 6.19. The monoisotopic (exact) mass is 449 g/mol. The van der Waals surface area contributed by atoms with Crippen molar-refractivity contribution >= 4 is 33.4 Å². The lowest BCUT2D eigenvalue weighted by Crippen LogP contribution is -2.43. The van der Waals surface area contributed by atoms with Crippen LogP contribution in [-0.2, 0) is 10.0 Å². The summed E-state index contributed by atoms with van der Waals surface area (Å²) in [5, 5.41) is 13.3. The van der Waals surface area contributed by atoms with Gasteiger partial charge in [0.25, 0.3) is 0 Å². The lowest BCUT2D eigenvalue weighted by atomic mass is 9.96. The Morgan fingerprint density at radius 2 is 1.76 bits per heavy atom. The average Bonchev–Trinajstić information content (AvgIpc) is 3.18. The number of aromatic nitrogens is 4. The van der Waals surface area contributed by atoms with Gasteiger partial charge in [-0.1, -0.05) is 54.4 Å². The maximum atomic E-state index is 12.8. The number of halogens is 1. The van der Waals surface area contributed by atoms with E-state index in [1.807, 2.05) is 30.3 Å². The molecule has 4 rings (SSSR count). The number of tetrazole rings is 1. The van der Waals surface area contributed by atoms with Gasteiger partial charge in [-0.15, -0.1) is 5.10 Å². The molecule has 0 aliphatic heterocycles. The molecule has 3 aromatic rings. The summed E-state index contributed by atoms with van der Waals surface area (Å²) in [6, 6.07) is 15.7. The molecule has 1 fully saturated rings. The Balaban J connectivity index is 1.53. The number of thioether (sulfide) groups is 1. The summed E-state index contributed by atoms with van der Waals surface area (Å²) in [5.41, 5.74) is 0.870. The van der Waals surface area contributed by atoms with Gasteiger partial charge in [0, 0.05) is 16.3 Å². The molecule has 7 nitrogen and oxygen atoms in total. The largest absolute Gasteiger partial charge is 0.240 e. The molecule has 152 valence electrons. The minimum Gasteiger partial charge on any atom is -0.207 e. The number of rotatable bonds is 6. The zero-order valence-electron chi connectivity index (χ0n) is 15.5. The van der Waals surface area contributed by atoms with Crippen LogP contribution in [0.1, 0.15) is 25.7 Å². The summed E-state index contributed by atoms with van der Waals surface area (Å²) in [7, 11) is -3.63. The van der Waals surface area contributed by atoms with Crippen molar-refractivity contribution in [2.45, 2.75) is 47.0 Å². The molecule has 2 aromatic carbocycles. The van der Waals surface area contributed by atoms with Gasteiger partial charge in [0.1, 0.15) is 0 Å². The van der Waals surface area contributed by atoms with E-state index >= 15 is 0 Å². The molecular weight excluding hydrogens is 430 g/mol.